The van der Waals surface area contributed by atoms with Gasteiger partial charge in [-0.3, -0.25) is 14.4 Å². The summed E-state index contributed by atoms with van der Waals surface area (Å²) in [5, 5.41) is 18.6. The molecule has 0 saturated heterocycles. The molecule has 0 bridgehead atoms. The summed E-state index contributed by atoms with van der Waals surface area (Å²) in [7, 11) is 4.28. The summed E-state index contributed by atoms with van der Waals surface area (Å²) in [6.45, 7) is 12.9. The van der Waals surface area contributed by atoms with Crippen molar-refractivity contribution in [2.45, 2.75) is 166 Å². The molecule has 540 valence electrons. The molecular formula is C80H95ClN8O11S2. The summed E-state index contributed by atoms with van der Waals surface area (Å²) < 4.78 is 28.6. The van der Waals surface area contributed by atoms with E-state index in [4.69, 9.17) is 24.7 Å². The van der Waals surface area contributed by atoms with Crippen molar-refractivity contribution in [3.8, 4) is 34.0 Å². The minimum Gasteiger partial charge on any atom is -0.494 e. The first-order valence-corrected chi connectivity index (χ1v) is 37.7. The number of carboxylic acids is 1. The van der Waals surface area contributed by atoms with Gasteiger partial charge < -0.3 is 64.7 Å². The average Bonchev–Trinajstić information content (AvgIpc) is 1.57. The maximum atomic E-state index is 14.0. The van der Waals surface area contributed by atoms with Crippen LogP contribution in [0.15, 0.2) is 109 Å². The normalized spacial score (nSPS) is 16.7. The van der Waals surface area contributed by atoms with Crippen LogP contribution >= 0.6 is 35.1 Å². The van der Waals surface area contributed by atoms with Gasteiger partial charge in [-0.1, -0.05) is 62.8 Å². The van der Waals surface area contributed by atoms with Crippen molar-refractivity contribution in [2.24, 2.45) is 5.73 Å². The fraction of sp³-hybridized carbons (Fsp3) is 0.425. The second-order valence-corrected chi connectivity index (χ2v) is 29.3. The lowest BCUT2D eigenvalue weighted by Crippen LogP contribution is -2.61. The van der Waals surface area contributed by atoms with Crippen LogP contribution < -0.4 is 41.0 Å². The molecular weight excluding hydrogens is 1350 g/mol. The monoisotopic (exact) mass is 1440 g/mol. The number of nitrogens with one attached hydrogen (secondary N) is 3. The molecule has 14 rings (SSSR count). The standard InChI is InChI=1S/C40H46N4O5S.C24H28N2O3S.C16H20N2O3.ClH/c1-4-48-29-17-18-30-31(24-29)43(3)22-23-44-32-25-33(50-37(32)35(36(30)44)27-10-7-6-8-11-27)38(46)42-40(20-9-21-40)39(47)41-28-15-12-26(13-16-28)14-19-34(45)49-5-2;1-3-29-16-9-10-17-18(13-16)25(2)11-12-26-19-14-20(24(27)28)30-23(19)21(22(17)26)15-7-5-4-6-8-15;1-2-21-14(19)9-6-12-4-7-13(8-5-12)18-15(20)16(17)10-3-11-16;/h12-19,24-25,27H,4-11,20-23H2,1-3H3,(H,41,47)(H,42,46);9-10,13-15H,3-8,11-12H2,1-2H3,(H,27,28);4-9H,2-3,10-11,17H2,1H3,(H,18,20);1H/b19-14+;;9-6+;. The zero-order valence-corrected chi connectivity index (χ0v) is 61.7. The van der Waals surface area contributed by atoms with Gasteiger partial charge in [0.1, 0.15) is 21.9 Å². The van der Waals surface area contributed by atoms with Crippen LogP contribution in [0.5, 0.6) is 11.5 Å². The molecule has 6 N–H and O–H groups in total. The third kappa shape index (κ3) is 16.1. The number of nitrogens with zero attached hydrogens (tertiary/aromatic N) is 4. The number of amides is 3. The van der Waals surface area contributed by atoms with Crippen LogP contribution in [0.25, 0.3) is 55.1 Å². The van der Waals surface area contributed by atoms with E-state index in [0.717, 1.165) is 98.4 Å². The van der Waals surface area contributed by atoms with E-state index in [0.29, 0.717) is 72.2 Å². The highest BCUT2D eigenvalue weighted by Crippen LogP contribution is 2.52. The Hall–Kier alpha value is -8.89. The van der Waals surface area contributed by atoms with Gasteiger partial charge in [-0.05, 0) is 199 Å². The van der Waals surface area contributed by atoms with E-state index in [2.05, 4.69) is 91.4 Å². The van der Waals surface area contributed by atoms with Crippen LogP contribution in [0.4, 0.5) is 22.7 Å². The number of carboxylic acid groups (broad SMARTS) is 1. The predicted molar refractivity (Wildman–Crippen MR) is 412 cm³/mol. The zero-order chi connectivity index (χ0) is 71.0. The Morgan fingerprint density at radius 3 is 1.37 bits per heavy atom. The molecule has 4 aliphatic carbocycles. The third-order valence-corrected chi connectivity index (χ3v) is 22.9. The zero-order valence-electron chi connectivity index (χ0n) is 59.3. The van der Waals surface area contributed by atoms with Gasteiger partial charge in [-0.15, -0.1) is 35.1 Å². The van der Waals surface area contributed by atoms with E-state index >= 15 is 0 Å². The number of ether oxygens (including phenoxy) is 4. The summed E-state index contributed by atoms with van der Waals surface area (Å²) in [6.07, 6.45) is 22.8. The summed E-state index contributed by atoms with van der Waals surface area (Å²) in [5.41, 5.74) is 19.6. The average molecular weight is 1440 g/mol. The Morgan fingerprint density at radius 2 is 0.971 bits per heavy atom. The second kappa shape index (κ2) is 33.0. The molecule has 4 fully saturated rings. The molecule has 0 atom stereocenters. The van der Waals surface area contributed by atoms with Crippen molar-refractivity contribution in [1.29, 1.82) is 0 Å². The third-order valence-electron chi connectivity index (χ3n) is 20.6. The molecule has 4 saturated carbocycles. The molecule has 2 aliphatic heterocycles. The lowest BCUT2D eigenvalue weighted by molar-refractivity contribution is -0.138. The van der Waals surface area contributed by atoms with Gasteiger partial charge in [0.25, 0.3) is 5.91 Å². The number of aromatic nitrogens is 2. The minimum atomic E-state index is -0.955. The number of fused-ring (bicyclic) bond motifs is 10. The van der Waals surface area contributed by atoms with Crippen molar-refractivity contribution in [1.82, 2.24) is 14.5 Å². The molecule has 3 amide bonds. The van der Waals surface area contributed by atoms with Crippen LogP contribution in [-0.4, -0.2) is 115 Å². The smallest absolute Gasteiger partial charge is 0.345 e. The van der Waals surface area contributed by atoms with Gasteiger partial charge in [-0.2, -0.15) is 0 Å². The molecule has 0 unspecified atom stereocenters. The van der Waals surface area contributed by atoms with Gasteiger partial charge in [0.2, 0.25) is 11.8 Å². The van der Waals surface area contributed by atoms with E-state index < -0.39 is 23.0 Å². The minimum absolute atomic E-state index is 0. The Labute approximate surface area is 611 Å². The van der Waals surface area contributed by atoms with Crippen LogP contribution in [0, 0.1) is 0 Å². The van der Waals surface area contributed by atoms with E-state index in [1.165, 1.54) is 129 Å². The first-order chi connectivity index (χ1) is 48.9. The molecule has 6 heterocycles. The molecule has 6 aliphatic rings. The highest BCUT2D eigenvalue weighted by molar-refractivity contribution is 7.21. The molecule has 0 spiro atoms. The number of likely N-dealkylation sites (N-methyl/N-ethyl adjacent to an activating group) is 2. The number of rotatable bonds is 19. The summed E-state index contributed by atoms with van der Waals surface area (Å²) in [4.78, 5) is 79.9. The molecule has 0 radical (unpaired) electrons. The SMILES string of the molecule is CCOC(=O)/C=C/c1ccc(NC(=O)C2(N)CCC2)cc1.CCOC(=O)/C=C/c1ccc(NC(=O)C2(NC(=O)c3cc4c(s3)c(C3CCCCC3)c3n4CCN(C)c4cc(OCC)ccc4-3)CCC2)cc1.CCOc1ccc2c(c1)N(C)CCn1c-2c(C2CCCCC2)c2sc(C(=O)O)cc21.Cl. The topological polar surface area (TPSA) is 238 Å². The summed E-state index contributed by atoms with van der Waals surface area (Å²) in [6, 6.07) is 31.3. The van der Waals surface area contributed by atoms with E-state index in [1.54, 1.807) is 61.6 Å². The maximum Gasteiger partial charge on any atom is 0.345 e. The molecule has 4 aromatic heterocycles. The second-order valence-electron chi connectivity index (χ2n) is 27.2. The largest absolute Gasteiger partial charge is 0.494 e. The summed E-state index contributed by atoms with van der Waals surface area (Å²) >= 11 is 3.03. The van der Waals surface area contributed by atoms with Crippen molar-refractivity contribution in [3.63, 3.8) is 0 Å². The number of esters is 2. The Balaban J connectivity index is 0.000000170. The highest BCUT2D eigenvalue weighted by atomic mass is 35.5. The number of benzene rings is 4. The molecule has 102 heavy (non-hydrogen) atoms. The predicted octanol–water partition coefficient (Wildman–Crippen LogP) is 16.6. The van der Waals surface area contributed by atoms with Crippen molar-refractivity contribution >= 4 is 126 Å². The van der Waals surface area contributed by atoms with Crippen LogP contribution in [0.3, 0.4) is 0 Å². The maximum absolute atomic E-state index is 14.0. The number of aromatic carboxylic acids is 1. The molecule has 4 aromatic carbocycles. The van der Waals surface area contributed by atoms with Crippen LogP contribution in [0.2, 0.25) is 0 Å². The van der Waals surface area contributed by atoms with Crippen LogP contribution in [-0.2, 0) is 41.7 Å². The highest BCUT2D eigenvalue weighted by Gasteiger charge is 2.46. The summed E-state index contributed by atoms with van der Waals surface area (Å²) in [5.74, 6) is 0.588. The van der Waals surface area contributed by atoms with E-state index in [1.807, 2.05) is 44.2 Å². The Kier molecular flexibility index (Phi) is 24.1. The van der Waals surface area contributed by atoms with Gasteiger partial charge in [-0.25, -0.2) is 14.4 Å². The fourth-order valence-electron chi connectivity index (χ4n) is 15.0. The lowest BCUT2D eigenvalue weighted by atomic mass is 9.75. The number of nitrogens with two attached hydrogens (primary N) is 1. The molecule has 19 nitrogen and oxygen atoms in total. The van der Waals surface area contributed by atoms with Crippen LogP contribution in [0.1, 0.15) is 184 Å². The molecule has 22 heteroatoms. The van der Waals surface area contributed by atoms with Crippen molar-refractivity contribution in [3.05, 3.63) is 141 Å². The quantitative estimate of drug-likeness (QED) is 0.0374. The number of halogens is 1. The van der Waals surface area contributed by atoms with Gasteiger partial charge in [0, 0.05) is 98.4 Å². The van der Waals surface area contributed by atoms with E-state index in [-0.39, 0.29) is 36.1 Å². The number of hydrogen-bond acceptors (Lipinski definition) is 15. The fourth-order valence-corrected chi connectivity index (χ4v) is 17.3. The Bertz CT molecular complexity index is 4410. The Morgan fingerprint density at radius 1 is 0.539 bits per heavy atom. The number of anilines is 4. The number of carbonyl (C=O) groups excluding carboxylic acids is 5. The van der Waals surface area contributed by atoms with Crippen molar-refractivity contribution < 1.29 is 52.8 Å². The number of thiophene rings is 2. The first kappa shape index (κ1) is 74.3. The molecule has 8 aromatic rings. The lowest BCUT2D eigenvalue weighted by Gasteiger charge is -2.40. The van der Waals surface area contributed by atoms with Gasteiger partial charge in [0.05, 0.1) is 68.7 Å². The first-order valence-electron chi connectivity index (χ1n) is 36.1. The van der Waals surface area contributed by atoms with E-state index in [9.17, 15) is 33.9 Å². The van der Waals surface area contributed by atoms with Crippen molar-refractivity contribution in [2.75, 3.05) is 74.0 Å². The van der Waals surface area contributed by atoms with Gasteiger partial charge in [0.15, 0.2) is 0 Å². The number of carbonyl (C=O) groups is 6. The van der Waals surface area contributed by atoms with Gasteiger partial charge >= 0.3 is 17.9 Å². The number of hydrogen-bond donors (Lipinski definition) is 5.